The zero-order valence-electron chi connectivity index (χ0n) is 12.6. The average Bonchev–Trinajstić information content (AvgIpc) is 2.34. The van der Waals surface area contributed by atoms with Crippen LogP contribution in [0.4, 0.5) is 5.69 Å². The van der Waals surface area contributed by atoms with Crippen LogP contribution in [0.1, 0.15) is 30.9 Å². The molecule has 0 spiro atoms. The summed E-state index contributed by atoms with van der Waals surface area (Å²) < 4.78 is 32.8. The summed E-state index contributed by atoms with van der Waals surface area (Å²) in [5.74, 6) is 0. The highest BCUT2D eigenvalue weighted by molar-refractivity contribution is 7.89. The van der Waals surface area contributed by atoms with Gasteiger partial charge in [-0.25, -0.2) is 13.1 Å². The molecule has 0 amide bonds. The molecule has 0 saturated carbocycles. The summed E-state index contributed by atoms with van der Waals surface area (Å²) in [7, 11) is -2.08. The van der Waals surface area contributed by atoms with Crippen LogP contribution in [0.15, 0.2) is 17.0 Å². The van der Waals surface area contributed by atoms with E-state index in [0.717, 1.165) is 18.4 Å². The first kappa shape index (κ1) is 16.9. The molecule has 1 aromatic carbocycles. The van der Waals surface area contributed by atoms with E-state index in [0.29, 0.717) is 12.2 Å². The van der Waals surface area contributed by atoms with E-state index >= 15 is 0 Å². The molecule has 1 aromatic rings. The van der Waals surface area contributed by atoms with Crippen molar-refractivity contribution in [2.75, 3.05) is 19.5 Å². The first-order valence-electron chi connectivity index (χ1n) is 6.70. The third-order valence-electron chi connectivity index (χ3n) is 3.30. The van der Waals surface area contributed by atoms with E-state index in [1.165, 1.54) is 0 Å². The third-order valence-corrected chi connectivity index (χ3v) is 5.03. The number of rotatable bonds is 7. The van der Waals surface area contributed by atoms with Crippen LogP contribution in [0.5, 0.6) is 0 Å². The minimum absolute atomic E-state index is 0.176. The Morgan fingerprint density at radius 3 is 2.55 bits per heavy atom. The fraction of sp³-hybridized carbons (Fsp3) is 0.571. The highest BCUT2D eigenvalue weighted by Crippen LogP contribution is 2.25. The molecule has 5 nitrogen and oxygen atoms in total. The zero-order valence-corrected chi connectivity index (χ0v) is 13.4. The van der Waals surface area contributed by atoms with E-state index < -0.39 is 10.0 Å². The van der Waals surface area contributed by atoms with Gasteiger partial charge in [-0.2, -0.15) is 0 Å². The van der Waals surface area contributed by atoms with Gasteiger partial charge in [0.05, 0.1) is 12.3 Å². The van der Waals surface area contributed by atoms with Gasteiger partial charge in [-0.15, -0.1) is 0 Å². The number of anilines is 1. The van der Waals surface area contributed by atoms with Crippen molar-refractivity contribution in [1.29, 1.82) is 0 Å². The Morgan fingerprint density at radius 2 is 2.00 bits per heavy atom. The summed E-state index contributed by atoms with van der Waals surface area (Å²) in [4.78, 5) is 0.176. The minimum Gasteiger partial charge on any atom is -0.398 e. The van der Waals surface area contributed by atoms with Crippen molar-refractivity contribution in [1.82, 2.24) is 4.72 Å². The lowest BCUT2D eigenvalue weighted by Gasteiger charge is -2.19. The van der Waals surface area contributed by atoms with Gasteiger partial charge in [0, 0.05) is 13.2 Å². The van der Waals surface area contributed by atoms with Crippen LogP contribution >= 0.6 is 0 Å². The van der Waals surface area contributed by atoms with Crippen molar-refractivity contribution in [3.63, 3.8) is 0 Å². The molecular weight excluding hydrogens is 276 g/mol. The summed E-state index contributed by atoms with van der Waals surface area (Å²) in [6.45, 7) is 5.99. The smallest absolute Gasteiger partial charge is 0.243 e. The predicted octanol–water partition coefficient (Wildman–Crippen LogP) is 1.98. The van der Waals surface area contributed by atoms with Crippen LogP contribution in [0.2, 0.25) is 0 Å². The van der Waals surface area contributed by atoms with E-state index in [4.69, 9.17) is 10.5 Å². The molecule has 1 unspecified atom stereocenters. The SMILES string of the molecule is CCCC(COC)NS(=O)(=O)c1c(N)ccc(C)c1C. The molecule has 0 aromatic heterocycles. The van der Waals surface area contributed by atoms with Crippen LogP contribution in [-0.2, 0) is 14.8 Å². The average molecular weight is 300 g/mol. The zero-order chi connectivity index (χ0) is 15.3. The lowest BCUT2D eigenvalue weighted by Crippen LogP contribution is -2.38. The van der Waals surface area contributed by atoms with Gasteiger partial charge in [0.1, 0.15) is 4.90 Å². The van der Waals surface area contributed by atoms with Gasteiger partial charge < -0.3 is 10.5 Å². The van der Waals surface area contributed by atoms with Crippen molar-refractivity contribution >= 4 is 15.7 Å². The monoisotopic (exact) mass is 300 g/mol. The Kier molecular flexibility index (Phi) is 5.98. The number of benzene rings is 1. The summed E-state index contributed by atoms with van der Waals surface area (Å²) in [6, 6.07) is 3.21. The Labute approximate surface area is 121 Å². The van der Waals surface area contributed by atoms with Gasteiger partial charge in [0.25, 0.3) is 0 Å². The molecule has 114 valence electrons. The maximum absolute atomic E-state index is 12.5. The maximum atomic E-state index is 12.5. The number of nitrogen functional groups attached to an aromatic ring is 1. The van der Waals surface area contributed by atoms with E-state index in [1.807, 2.05) is 19.9 Å². The van der Waals surface area contributed by atoms with Crippen molar-refractivity contribution < 1.29 is 13.2 Å². The number of nitrogens with one attached hydrogen (secondary N) is 1. The summed E-state index contributed by atoms with van der Waals surface area (Å²) in [5.41, 5.74) is 7.71. The third kappa shape index (κ3) is 3.94. The van der Waals surface area contributed by atoms with Crippen molar-refractivity contribution in [2.24, 2.45) is 0 Å². The van der Waals surface area contributed by atoms with Crippen LogP contribution in [-0.4, -0.2) is 28.2 Å². The Hall–Kier alpha value is -1.11. The van der Waals surface area contributed by atoms with Crippen molar-refractivity contribution in [3.8, 4) is 0 Å². The van der Waals surface area contributed by atoms with Crippen LogP contribution in [0, 0.1) is 13.8 Å². The van der Waals surface area contributed by atoms with E-state index in [9.17, 15) is 8.42 Å². The normalized spacial score (nSPS) is 13.4. The largest absolute Gasteiger partial charge is 0.398 e. The molecule has 0 radical (unpaired) electrons. The number of hydrogen-bond donors (Lipinski definition) is 2. The van der Waals surface area contributed by atoms with Crippen molar-refractivity contribution in [3.05, 3.63) is 23.3 Å². The summed E-state index contributed by atoms with van der Waals surface area (Å²) in [6.07, 6.45) is 1.59. The Balaban J connectivity index is 3.13. The molecule has 0 aliphatic carbocycles. The molecule has 0 aliphatic heterocycles. The predicted molar refractivity (Wildman–Crippen MR) is 81.2 cm³/mol. The van der Waals surface area contributed by atoms with E-state index in [1.54, 1.807) is 20.1 Å². The first-order valence-corrected chi connectivity index (χ1v) is 8.18. The molecular formula is C14H24N2O3S. The Bertz CT molecular complexity index is 550. The van der Waals surface area contributed by atoms with Crippen LogP contribution in [0.25, 0.3) is 0 Å². The molecule has 3 N–H and O–H groups in total. The number of aryl methyl sites for hydroxylation is 1. The maximum Gasteiger partial charge on any atom is 0.243 e. The van der Waals surface area contributed by atoms with Gasteiger partial charge in [0.15, 0.2) is 0 Å². The van der Waals surface area contributed by atoms with Gasteiger partial charge >= 0.3 is 0 Å². The van der Waals surface area contributed by atoms with E-state index in [2.05, 4.69) is 4.72 Å². The van der Waals surface area contributed by atoms with Gasteiger partial charge in [-0.05, 0) is 37.5 Å². The first-order chi connectivity index (χ1) is 9.33. The standard InChI is InChI=1S/C14H24N2O3S/c1-5-6-12(9-19-4)16-20(17,18)14-11(3)10(2)7-8-13(14)15/h7-8,12,16H,5-6,9,15H2,1-4H3. The molecule has 1 rings (SSSR count). The Morgan fingerprint density at radius 1 is 1.35 bits per heavy atom. The topological polar surface area (TPSA) is 81.4 Å². The molecule has 0 fully saturated rings. The van der Waals surface area contributed by atoms with Gasteiger partial charge in [0.2, 0.25) is 10.0 Å². The minimum atomic E-state index is -3.64. The molecule has 20 heavy (non-hydrogen) atoms. The fourth-order valence-electron chi connectivity index (χ4n) is 2.17. The molecule has 1 atom stereocenters. The summed E-state index contributed by atoms with van der Waals surface area (Å²) in [5, 5.41) is 0. The lowest BCUT2D eigenvalue weighted by atomic mass is 10.1. The number of hydrogen-bond acceptors (Lipinski definition) is 4. The quantitative estimate of drug-likeness (QED) is 0.754. The van der Waals surface area contributed by atoms with Gasteiger partial charge in [-0.1, -0.05) is 19.4 Å². The van der Waals surface area contributed by atoms with Crippen LogP contribution < -0.4 is 10.5 Å². The highest BCUT2D eigenvalue weighted by Gasteiger charge is 2.24. The second kappa shape index (κ2) is 7.06. The second-order valence-electron chi connectivity index (χ2n) is 4.99. The summed E-state index contributed by atoms with van der Waals surface area (Å²) >= 11 is 0. The number of ether oxygens (including phenoxy) is 1. The molecule has 6 heteroatoms. The van der Waals surface area contributed by atoms with E-state index in [-0.39, 0.29) is 16.6 Å². The van der Waals surface area contributed by atoms with Gasteiger partial charge in [-0.3, -0.25) is 0 Å². The molecule has 0 heterocycles. The lowest BCUT2D eigenvalue weighted by molar-refractivity contribution is 0.171. The molecule has 0 bridgehead atoms. The highest BCUT2D eigenvalue weighted by atomic mass is 32.2. The van der Waals surface area contributed by atoms with Crippen molar-refractivity contribution in [2.45, 2.75) is 44.6 Å². The number of sulfonamides is 1. The second-order valence-corrected chi connectivity index (χ2v) is 6.64. The fourth-order valence-corrected chi connectivity index (χ4v) is 3.86. The molecule has 0 saturated heterocycles. The van der Waals surface area contributed by atoms with Crippen LogP contribution in [0.3, 0.4) is 0 Å². The number of methoxy groups -OCH3 is 1. The molecule has 0 aliphatic rings. The number of nitrogens with two attached hydrogens (primary N) is 1.